The molecule has 0 bridgehead atoms. The van der Waals surface area contributed by atoms with E-state index in [4.69, 9.17) is 4.42 Å². The second-order valence-corrected chi connectivity index (χ2v) is 7.71. The molecule has 2 aromatic heterocycles. The summed E-state index contributed by atoms with van der Waals surface area (Å²) in [5, 5.41) is 1.17. The van der Waals surface area contributed by atoms with Gasteiger partial charge in [0.15, 0.2) is 5.89 Å². The van der Waals surface area contributed by atoms with Crippen LogP contribution in [0.25, 0.3) is 10.9 Å². The van der Waals surface area contributed by atoms with Gasteiger partial charge in [0.05, 0.1) is 11.2 Å². The van der Waals surface area contributed by atoms with Crippen LogP contribution in [0, 0.1) is 6.92 Å². The standard InChI is InChI=1S/C21H26N6O/c1-16-24-17(14-28-16)13-25-8-10-26(11-9-25)18-4-5-20-19(12-18)21(23-15-22-20)27-6-2-3-7-27/h4-5,12,14-15H,2-3,6-11,13H2,1H3. The monoisotopic (exact) mass is 378 g/mol. The minimum absolute atomic E-state index is 0.737. The van der Waals surface area contributed by atoms with Crippen LogP contribution in [0.2, 0.25) is 0 Å². The zero-order valence-corrected chi connectivity index (χ0v) is 16.3. The molecule has 0 saturated carbocycles. The topological polar surface area (TPSA) is 61.5 Å². The summed E-state index contributed by atoms with van der Waals surface area (Å²) < 4.78 is 5.33. The van der Waals surface area contributed by atoms with E-state index in [0.717, 1.165) is 68.7 Å². The summed E-state index contributed by atoms with van der Waals surface area (Å²) in [4.78, 5) is 20.8. The first-order valence-electron chi connectivity index (χ1n) is 10.1. The molecule has 5 rings (SSSR count). The highest BCUT2D eigenvalue weighted by atomic mass is 16.3. The molecular formula is C21H26N6O. The van der Waals surface area contributed by atoms with Crippen molar-refractivity contribution < 1.29 is 4.42 Å². The zero-order chi connectivity index (χ0) is 18.9. The second kappa shape index (κ2) is 7.39. The molecule has 0 unspecified atom stereocenters. The lowest BCUT2D eigenvalue weighted by atomic mass is 10.1. The van der Waals surface area contributed by atoms with Crippen molar-refractivity contribution in [3.63, 3.8) is 0 Å². The fraction of sp³-hybridized carbons (Fsp3) is 0.476. The summed E-state index contributed by atoms with van der Waals surface area (Å²) >= 11 is 0. The second-order valence-electron chi connectivity index (χ2n) is 7.71. The van der Waals surface area contributed by atoms with Crippen LogP contribution in [0.15, 0.2) is 35.2 Å². The molecule has 1 aromatic carbocycles. The minimum Gasteiger partial charge on any atom is -0.449 e. The molecule has 0 N–H and O–H groups in total. The lowest BCUT2D eigenvalue weighted by Crippen LogP contribution is -2.46. The van der Waals surface area contributed by atoms with Gasteiger partial charge in [0.2, 0.25) is 0 Å². The SMILES string of the molecule is Cc1nc(CN2CCN(c3ccc4ncnc(N5CCCC5)c4c3)CC2)co1. The van der Waals surface area contributed by atoms with Crippen molar-refractivity contribution in [3.8, 4) is 0 Å². The van der Waals surface area contributed by atoms with Gasteiger partial charge >= 0.3 is 0 Å². The molecule has 146 valence electrons. The predicted octanol–water partition coefficient (Wildman–Crippen LogP) is 2.85. The van der Waals surface area contributed by atoms with Crippen LogP contribution in [0.4, 0.5) is 11.5 Å². The first-order valence-corrected chi connectivity index (χ1v) is 10.1. The van der Waals surface area contributed by atoms with Gasteiger partial charge < -0.3 is 14.2 Å². The molecule has 2 aliphatic heterocycles. The number of piperazine rings is 1. The van der Waals surface area contributed by atoms with Crippen LogP contribution in [0.1, 0.15) is 24.4 Å². The highest BCUT2D eigenvalue weighted by Crippen LogP contribution is 2.30. The Morgan fingerprint density at radius 1 is 0.964 bits per heavy atom. The summed E-state index contributed by atoms with van der Waals surface area (Å²) in [5.41, 5.74) is 3.31. The number of hydrogen-bond acceptors (Lipinski definition) is 7. The molecule has 0 radical (unpaired) electrons. The Bertz CT molecular complexity index is 956. The van der Waals surface area contributed by atoms with E-state index < -0.39 is 0 Å². The number of aryl methyl sites for hydroxylation is 1. The van der Waals surface area contributed by atoms with E-state index >= 15 is 0 Å². The normalized spacial score (nSPS) is 18.3. The van der Waals surface area contributed by atoms with E-state index in [9.17, 15) is 0 Å². The van der Waals surface area contributed by atoms with Crippen molar-refractivity contribution in [2.24, 2.45) is 0 Å². The highest BCUT2D eigenvalue weighted by Gasteiger charge is 2.21. The van der Waals surface area contributed by atoms with E-state index in [1.54, 1.807) is 12.6 Å². The summed E-state index contributed by atoms with van der Waals surface area (Å²) in [6.07, 6.45) is 5.96. The smallest absolute Gasteiger partial charge is 0.191 e. The summed E-state index contributed by atoms with van der Waals surface area (Å²) in [6.45, 7) is 9.00. The van der Waals surface area contributed by atoms with E-state index in [2.05, 4.69) is 47.9 Å². The van der Waals surface area contributed by atoms with E-state index in [1.165, 1.54) is 23.9 Å². The molecule has 7 nitrogen and oxygen atoms in total. The maximum Gasteiger partial charge on any atom is 0.191 e. The number of oxazole rings is 1. The molecule has 0 atom stereocenters. The first-order chi connectivity index (χ1) is 13.8. The molecule has 28 heavy (non-hydrogen) atoms. The van der Waals surface area contributed by atoms with Crippen LogP contribution in [-0.2, 0) is 6.54 Å². The van der Waals surface area contributed by atoms with Crippen molar-refractivity contribution in [3.05, 3.63) is 42.4 Å². The molecule has 2 saturated heterocycles. The Morgan fingerprint density at radius 3 is 2.54 bits per heavy atom. The number of fused-ring (bicyclic) bond motifs is 1. The van der Waals surface area contributed by atoms with Crippen molar-refractivity contribution in [1.29, 1.82) is 0 Å². The average molecular weight is 378 g/mol. The Hall–Kier alpha value is -2.67. The van der Waals surface area contributed by atoms with Crippen molar-refractivity contribution in [1.82, 2.24) is 19.9 Å². The van der Waals surface area contributed by atoms with Gasteiger partial charge in [-0.3, -0.25) is 4.90 Å². The fourth-order valence-electron chi connectivity index (χ4n) is 4.28. The van der Waals surface area contributed by atoms with E-state index in [1.807, 2.05) is 6.92 Å². The van der Waals surface area contributed by atoms with Crippen LogP contribution in [0.3, 0.4) is 0 Å². The summed E-state index contributed by atoms with van der Waals surface area (Å²) in [7, 11) is 0. The Morgan fingerprint density at radius 2 is 1.79 bits per heavy atom. The first kappa shape index (κ1) is 17.4. The fourth-order valence-corrected chi connectivity index (χ4v) is 4.28. The largest absolute Gasteiger partial charge is 0.449 e. The van der Waals surface area contributed by atoms with Gasteiger partial charge in [-0.1, -0.05) is 0 Å². The molecule has 7 heteroatoms. The summed E-state index contributed by atoms with van der Waals surface area (Å²) in [5.74, 6) is 1.82. The van der Waals surface area contributed by atoms with Gasteiger partial charge in [-0.05, 0) is 31.0 Å². The lowest BCUT2D eigenvalue weighted by molar-refractivity contribution is 0.247. The van der Waals surface area contributed by atoms with Crippen molar-refractivity contribution >= 4 is 22.4 Å². The molecule has 2 fully saturated rings. The van der Waals surface area contributed by atoms with Gasteiger partial charge in [0, 0.05) is 63.8 Å². The third kappa shape index (κ3) is 3.42. The molecule has 0 aliphatic carbocycles. The van der Waals surface area contributed by atoms with Gasteiger partial charge in [0.1, 0.15) is 18.4 Å². The molecule has 0 spiro atoms. The maximum atomic E-state index is 5.33. The van der Waals surface area contributed by atoms with E-state index in [-0.39, 0.29) is 0 Å². The lowest BCUT2D eigenvalue weighted by Gasteiger charge is -2.36. The maximum absolute atomic E-state index is 5.33. The molecule has 2 aliphatic rings. The quantitative estimate of drug-likeness (QED) is 0.692. The van der Waals surface area contributed by atoms with Crippen LogP contribution in [0.5, 0.6) is 0 Å². The zero-order valence-electron chi connectivity index (χ0n) is 16.3. The van der Waals surface area contributed by atoms with Crippen LogP contribution in [-0.4, -0.2) is 59.1 Å². The molecule has 0 amide bonds. The number of rotatable bonds is 4. The molecule has 3 aromatic rings. The third-order valence-electron chi connectivity index (χ3n) is 5.79. The molecular weight excluding hydrogens is 352 g/mol. The molecule has 4 heterocycles. The number of anilines is 2. The van der Waals surface area contributed by atoms with E-state index in [0.29, 0.717) is 0 Å². The average Bonchev–Trinajstić information content (AvgIpc) is 3.40. The number of benzene rings is 1. The number of hydrogen-bond donors (Lipinski definition) is 0. The Kier molecular flexibility index (Phi) is 4.60. The summed E-state index contributed by atoms with van der Waals surface area (Å²) in [6, 6.07) is 6.61. The number of aromatic nitrogens is 3. The Labute approximate surface area is 165 Å². The highest BCUT2D eigenvalue weighted by molar-refractivity contribution is 5.92. The van der Waals surface area contributed by atoms with Crippen molar-refractivity contribution in [2.75, 3.05) is 49.1 Å². The minimum atomic E-state index is 0.737. The van der Waals surface area contributed by atoms with Crippen LogP contribution >= 0.6 is 0 Å². The van der Waals surface area contributed by atoms with Gasteiger partial charge in [-0.2, -0.15) is 0 Å². The van der Waals surface area contributed by atoms with Gasteiger partial charge in [-0.25, -0.2) is 15.0 Å². The van der Waals surface area contributed by atoms with Crippen LogP contribution < -0.4 is 9.80 Å². The third-order valence-corrected chi connectivity index (χ3v) is 5.79. The predicted molar refractivity (Wildman–Crippen MR) is 110 cm³/mol. The number of nitrogens with zero attached hydrogens (tertiary/aromatic N) is 6. The van der Waals surface area contributed by atoms with Gasteiger partial charge in [0.25, 0.3) is 0 Å². The Balaban J connectivity index is 1.32. The van der Waals surface area contributed by atoms with Gasteiger partial charge in [-0.15, -0.1) is 0 Å². The van der Waals surface area contributed by atoms with Crippen molar-refractivity contribution in [2.45, 2.75) is 26.3 Å².